The van der Waals surface area contributed by atoms with Crippen LogP contribution in [0.25, 0.3) is 27.7 Å². The van der Waals surface area contributed by atoms with Gasteiger partial charge < -0.3 is 9.80 Å². The highest BCUT2D eigenvalue weighted by atomic mass is 15.3. The van der Waals surface area contributed by atoms with Gasteiger partial charge in [-0.2, -0.15) is 0 Å². The van der Waals surface area contributed by atoms with Crippen molar-refractivity contribution in [3.05, 3.63) is 61.1 Å². The smallest absolute Gasteiger partial charge is 0.180 e. The van der Waals surface area contributed by atoms with Crippen molar-refractivity contribution in [2.75, 3.05) is 38.1 Å². The average molecular weight is 343 g/mol. The molecule has 0 spiro atoms. The number of hydrogen-bond acceptors (Lipinski definition) is 4. The van der Waals surface area contributed by atoms with Gasteiger partial charge in [0, 0.05) is 44.1 Å². The number of benzene rings is 2. The first-order valence-corrected chi connectivity index (χ1v) is 9.04. The van der Waals surface area contributed by atoms with Crippen molar-refractivity contribution in [3.8, 4) is 11.3 Å². The van der Waals surface area contributed by atoms with E-state index in [4.69, 9.17) is 4.98 Å². The molecule has 0 atom stereocenters. The Kier molecular flexibility index (Phi) is 3.60. The minimum Gasteiger partial charge on any atom is -0.351 e. The van der Waals surface area contributed by atoms with Crippen molar-refractivity contribution in [3.63, 3.8) is 0 Å². The minimum atomic E-state index is 0.931. The third-order valence-corrected chi connectivity index (χ3v) is 5.26. The van der Waals surface area contributed by atoms with Crippen LogP contribution in [0.15, 0.2) is 61.1 Å². The van der Waals surface area contributed by atoms with Crippen molar-refractivity contribution in [1.29, 1.82) is 0 Å². The summed E-state index contributed by atoms with van der Waals surface area (Å²) >= 11 is 0. The van der Waals surface area contributed by atoms with Crippen LogP contribution in [0.3, 0.4) is 0 Å². The van der Waals surface area contributed by atoms with Gasteiger partial charge in [0.2, 0.25) is 0 Å². The second kappa shape index (κ2) is 6.11. The molecular formula is C21H21N5. The molecule has 3 heterocycles. The topological polar surface area (TPSA) is 36.7 Å². The maximum atomic E-state index is 4.71. The van der Waals surface area contributed by atoms with Crippen LogP contribution in [0.4, 0.5) is 5.82 Å². The van der Waals surface area contributed by atoms with E-state index in [1.54, 1.807) is 0 Å². The van der Waals surface area contributed by atoms with Crippen molar-refractivity contribution in [2.24, 2.45) is 0 Å². The molecule has 0 radical (unpaired) electrons. The number of nitrogens with zero attached hydrogens (tertiary/aromatic N) is 5. The molecular weight excluding hydrogens is 322 g/mol. The van der Waals surface area contributed by atoms with Gasteiger partial charge in [0.1, 0.15) is 0 Å². The van der Waals surface area contributed by atoms with Crippen LogP contribution in [0, 0.1) is 0 Å². The molecule has 0 N–H and O–H groups in total. The number of aromatic nitrogens is 3. The Hall–Kier alpha value is -2.92. The largest absolute Gasteiger partial charge is 0.351 e. The monoisotopic (exact) mass is 343 g/mol. The standard InChI is InChI=1S/C21H21N5/c1-24-10-12-25(13-11-24)20-21-23-15-19(26(21)9-8-22-20)18-7-6-16-4-2-3-5-17(16)14-18/h2-9,14-15H,10-13H2,1H3. The lowest BCUT2D eigenvalue weighted by Gasteiger charge is -2.33. The fraction of sp³-hybridized carbons (Fsp3) is 0.238. The molecule has 0 aliphatic carbocycles. The summed E-state index contributed by atoms with van der Waals surface area (Å²) in [6, 6.07) is 15.0. The molecule has 0 unspecified atom stereocenters. The quantitative estimate of drug-likeness (QED) is 0.560. The van der Waals surface area contributed by atoms with Gasteiger partial charge in [-0.25, -0.2) is 9.97 Å². The summed E-state index contributed by atoms with van der Waals surface area (Å²) < 4.78 is 2.16. The van der Waals surface area contributed by atoms with Gasteiger partial charge in [-0.05, 0) is 23.9 Å². The second-order valence-electron chi connectivity index (χ2n) is 6.94. The number of anilines is 1. The number of fused-ring (bicyclic) bond motifs is 2. The fourth-order valence-electron chi connectivity index (χ4n) is 3.71. The zero-order chi connectivity index (χ0) is 17.5. The number of rotatable bonds is 2. The average Bonchev–Trinajstić information content (AvgIpc) is 3.12. The lowest BCUT2D eigenvalue weighted by Crippen LogP contribution is -2.45. The summed E-state index contributed by atoms with van der Waals surface area (Å²) in [4.78, 5) is 14.0. The van der Waals surface area contributed by atoms with Crippen LogP contribution in [-0.4, -0.2) is 52.5 Å². The highest BCUT2D eigenvalue weighted by Gasteiger charge is 2.19. The van der Waals surface area contributed by atoms with E-state index >= 15 is 0 Å². The van der Waals surface area contributed by atoms with Crippen molar-refractivity contribution >= 4 is 22.2 Å². The summed E-state index contributed by atoms with van der Waals surface area (Å²) in [5, 5.41) is 2.50. The van der Waals surface area contributed by atoms with E-state index < -0.39 is 0 Å². The molecule has 1 saturated heterocycles. The Morgan fingerprint density at radius 3 is 2.54 bits per heavy atom. The maximum absolute atomic E-state index is 4.71. The minimum absolute atomic E-state index is 0.931. The number of piperazine rings is 1. The lowest BCUT2D eigenvalue weighted by atomic mass is 10.1. The van der Waals surface area contributed by atoms with E-state index in [9.17, 15) is 0 Å². The Bertz CT molecular complexity index is 1080. The van der Waals surface area contributed by atoms with Crippen LogP contribution in [0.5, 0.6) is 0 Å². The van der Waals surface area contributed by atoms with E-state index in [2.05, 4.69) is 68.7 Å². The van der Waals surface area contributed by atoms with Crippen LogP contribution in [0.2, 0.25) is 0 Å². The maximum Gasteiger partial charge on any atom is 0.180 e. The normalized spacial score (nSPS) is 15.8. The van der Waals surface area contributed by atoms with Gasteiger partial charge in [0.25, 0.3) is 0 Å². The van der Waals surface area contributed by atoms with E-state index in [1.165, 1.54) is 16.3 Å². The van der Waals surface area contributed by atoms with Crippen molar-refractivity contribution < 1.29 is 0 Å². The van der Waals surface area contributed by atoms with Gasteiger partial charge in [-0.3, -0.25) is 4.40 Å². The predicted octanol–water partition coefficient (Wildman–Crippen LogP) is 3.30. The third-order valence-electron chi connectivity index (χ3n) is 5.26. The molecule has 0 bridgehead atoms. The first-order valence-electron chi connectivity index (χ1n) is 9.04. The van der Waals surface area contributed by atoms with Crippen LogP contribution in [-0.2, 0) is 0 Å². The number of hydrogen-bond donors (Lipinski definition) is 0. The summed E-state index contributed by atoms with van der Waals surface area (Å²) in [5.41, 5.74) is 3.20. The van der Waals surface area contributed by atoms with Crippen LogP contribution in [0.1, 0.15) is 0 Å². The SMILES string of the molecule is CN1CCN(c2nccn3c(-c4ccc5ccccc5c4)cnc23)CC1. The highest BCUT2D eigenvalue weighted by molar-refractivity contribution is 5.87. The van der Waals surface area contributed by atoms with Crippen molar-refractivity contribution in [2.45, 2.75) is 0 Å². The van der Waals surface area contributed by atoms with Crippen LogP contribution < -0.4 is 4.90 Å². The molecule has 26 heavy (non-hydrogen) atoms. The Morgan fingerprint density at radius 1 is 0.885 bits per heavy atom. The van der Waals surface area contributed by atoms with E-state index in [0.29, 0.717) is 0 Å². The fourth-order valence-corrected chi connectivity index (χ4v) is 3.71. The summed E-state index contributed by atoms with van der Waals surface area (Å²) in [7, 11) is 2.17. The second-order valence-corrected chi connectivity index (χ2v) is 6.94. The van der Waals surface area contributed by atoms with E-state index in [1.807, 2.05) is 18.6 Å². The molecule has 130 valence electrons. The molecule has 1 aliphatic heterocycles. The third kappa shape index (κ3) is 2.52. The summed E-state index contributed by atoms with van der Waals surface area (Å²) in [6.45, 7) is 4.09. The molecule has 1 fully saturated rings. The lowest BCUT2D eigenvalue weighted by molar-refractivity contribution is 0.312. The van der Waals surface area contributed by atoms with Gasteiger partial charge in [-0.15, -0.1) is 0 Å². The molecule has 2 aromatic carbocycles. The molecule has 5 rings (SSSR count). The summed E-state index contributed by atoms with van der Waals surface area (Å²) in [6.07, 6.45) is 5.85. The molecule has 5 nitrogen and oxygen atoms in total. The van der Waals surface area contributed by atoms with Crippen molar-refractivity contribution in [1.82, 2.24) is 19.3 Å². The number of likely N-dealkylation sites (N-methyl/N-ethyl adjacent to an activating group) is 1. The van der Waals surface area contributed by atoms with Crippen LogP contribution >= 0.6 is 0 Å². The molecule has 5 heteroatoms. The van der Waals surface area contributed by atoms with Gasteiger partial charge in [0.15, 0.2) is 11.5 Å². The predicted molar refractivity (Wildman–Crippen MR) is 106 cm³/mol. The Morgan fingerprint density at radius 2 is 1.69 bits per heavy atom. The molecule has 4 aromatic rings. The molecule has 1 aliphatic rings. The highest BCUT2D eigenvalue weighted by Crippen LogP contribution is 2.28. The van der Waals surface area contributed by atoms with Gasteiger partial charge in [0.05, 0.1) is 11.9 Å². The molecule has 0 amide bonds. The van der Waals surface area contributed by atoms with E-state index in [-0.39, 0.29) is 0 Å². The Labute approximate surface area is 152 Å². The number of imidazole rings is 1. The molecule has 0 saturated carbocycles. The zero-order valence-corrected chi connectivity index (χ0v) is 14.8. The zero-order valence-electron chi connectivity index (χ0n) is 14.8. The molecule has 2 aromatic heterocycles. The van der Waals surface area contributed by atoms with Gasteiger partial charge in [-0.1, -0.05) is 36.4 Å². The van der Waals surface area contributed by atoms with Gasteiger partial charge >= 0.3 is 0 Å². The Balaban J connectivity index is 1.60. The first kappa shape index (κ1) is 15.3. The van der Waals surface area contributed by atoms with E-state index in [0.717, 1.165) is 43.3 Å². The summed E-state index contributed by atoms with van der Waals surface area (Å²) in [5.74, 6) is 0.979. The first-order chi connectivity index (χ1) is 12.8.